The number of rotatable bonds is 7. The van der Waals surface area contributed by atoms with Gasteiger partial charge in [0.05, 0.1) is 30.4 Å². The Labute approximate surface area is 232 Å². The third kappa shape index (κ3) is 6.57. The molecule has 0 spiro atoms. The van der Waals surface area contributed by atoms with Gasteiger partial charge < -0.3 is 20.1 Å². The number of fused-ring (bicyclic) bond motifs is 1. The lowest BCUT2D eigenvalue weighted by atomic mass is 9.86. The zero-order valence-electron chi connectivity index (χ0n) is 22.6. The maximum Gasteiger partial charge on any atom is 0.323 e. The molecule has 0 fully saturated rings. The fourth-order valence-corrected chi connectivity index (χ4v) is 4.51. The molecule has 0 aliphatic rings. The Morgan fingerprint density at radius 3 is 2.30 bits per heavy atom. The van der Waals surface area contributed by atoms with Gasteiger partial charge >= 0.3 is 6.03 Å². The second-order valence-electron chi connectivity index (χ2n) is 9.90. The van der Waals surface area contributed by atoms with Gasteiger partial charge in [-0.15, -0.1) is 0 Å². The number of ether oxygens (including phenoxy) is 2. The lowest BCUT2D eigenvalue weighted by Gasteiger charge is -2.24. The van der Waals surface area contributed by atoms with Crippen molar-refractivity contribution in [1.29, 1.82) is 5.26 Å². The Morgan fingerprint density at radius 1 is 0.975 bits per heavy atom. The summed E-state index contributed by atoms with van der Waals surface area (Å²) in [5, 5.41) is 16.1. The van der Waals surface area contributed by atoms with Gasteiger partial charge in [0.25, 0.3) is 0 Å². The molecule has 1 heterocycles. The van der Waals surface area contributed by atoms with Crippen LogP contribution in [0.15, 0.2) is 60.8 Å². The van der Waals surface area contributed by atoms with Crippen LogP contribution in [-0.4, -0.2) is 37.8 Å². The molecule has 0 bridgehead atoms. The maximum atomic E-state index is 13.2. The molecule has 0 aliphatic heterocycles. The van der Waals surface area contributed by atoms with Crippen molar-refractivity contribution in [2.75, 3.05) is 28.7 Å². The first-order chi connectivity index (χ1) is 18.9. The highest BCUT2D eigenvalue weighted by molar-refractivity contribution is 7.92. The molecular formula is C28H28N6O5S. The van der Waals surface area contributed by atoms with Crippen molar-refractivity contribution in [3.05, 3.63) is 72.2 Å². The highest BCUT2D eigenvalue weighted by atomic mass is 32.2. The number of nitrogens with zero attached hydrogens (tertiary/aromatic N) is 3. The Bertz CT molecular complexity index is 1740. The van der Waals surface area contributed by atoms with Crippen molar-refractivity contribution in [3.8, 4) is 23.4 Å². The predicted octanol–water partition coefficient (Wildman–Crippen LogP) is 5.62. The number of methoxy groups -OCH3 is 1. The first-order valence-electron chi connectivity index (χ1n) is 12.1. The third-order valence-corrected chi connectivity index (χ3v) is 6.37. The van der Waals surface area contributed by atoms with Gasteiger partial charge in [0.2, 0.25) is 21.7 Å². The third-order valence-electron chi connectivity index (χ3n) is 5.78. The number of carbonyl (C=O) groups is 1. The molecular weight excluding hydrogens is 532 g/mol. The lowest BCUT2D eigenvalue weighted by molar-refractivity contribution is 0.262. The number of sulfonamides is 1. The number of aromatic nitrogens is 2. The van der Waals surface area contributed by atoms with Gasteiger partial charge in [-0.1, -0.05) is 45.0 Å². The molecule has 206 valence electrons. The molecule has 1 aromatic heterocycles. The van der Waals surface area contributed by atoms with E-state index in [-0.39, 0.29) is 28.6 Å². The van der Waals surface area contributed by atoms with Crippen molar-refractivity contribution in [1.82, 2.24) is 9.97 Å². The van der Waals surface area contributed by atoms with Crippen LogP contribution < -0.4 is 24.8 Å². The molecule has 40 heavy (non-hydrogen) atoms. The number of nitrogens with one attached hydrogen (secondary N) is 3. The van der Waals surface area contributed by atoms with E-state index < -0.39 is 16.1 Å². The van der Waals surface area contributed by atoms with Crippen LogP contribution in [0, 0.1) is 11.3 Å². The maximum absolute atomic E-state index is 13.2. The molecule has 3 aromatic carbocycles. The summed E-state index contributed by atoms with van der Waals surface area (Å²) >= 11 is 0. The minimum atomic E-state index is -3.61. The van der Waals surface area contributed by atoms with E-state index in [4.69, 9.17) is 14.7 Å². The van der Waals surface area contributed by atoms with E-state index >= 15 is 0 Å². The summed E-state index contributed by atoms with van der Waals surface area (Å²) < 4.78 is 37.9. The Balaban J connectivity index is 1.66. The monoisotopic (exact) mass is 560 g/mol. The van der Waals surface area contributed by atoms with E-state index in [0.717, 1.165) is 11.8 Å². The summed E-state index contributed by atoms with van der Waals surface area (Å²) in [7, 11) is -2.22. The van der Waals surface area contributed by atoms with Crippen LogP contribution in [0.5, 0.6) is 17.4 Å². The molecule has 12 heteroatoms. The SMILES string of the molecule is COc1c(NC(=O)Nc2ccc(Oc3ccnc(C#N)n3)c3ccccc23)cc(C(C)(C)C)cc1NS(C)(=O)=O. The average molecular weight is 561 g/mol. The minimum Gasteiger partial charge on any atom is -0.492 e. The Morgan fingerprint density at radius 2 is 1.65 bits per heavy atom. The first kappa shape index (κ1) is 28.1. The Hall–Kier alpha value is -4.89. The molecule has 3 N–H and O–H groups in total. The number of hydrogen-bond acceptors (Lipinski definition) is 8. The van der Waals surface area contributed by atoms with Crippen LogP contribution in [0.4, 0.5) is 21.9 Å². The highest BCUT2D eigenvalue weighted by Crippen LogP contribution is 2.39. The number of amides is 2. The fourth-order valence-electron chi connectivity index (χ4n) is 3.96. The number of urea groups is 1. The number of hydrogen-bond donors (Lipinski definition) is 3. The van der Waals surface area contributed by atoms with Gasteiger partial charge in [-0.3, -0.25) is 4.72 Å². The summed E-state index contributed by atoms with van der Waals surface area (Å²) in [6, 6.07) is 17.0. The number of carbonyl (C=O) groups excluding carboxylic acids is 1. The van der Waals surface area contributed by atoms with Crippen molar-refractivity contribution < 1.29 is 22.7 Å². The predicted molar refractivity (Wildman–Crippen MR) is 154 cm³/mol. The van der Waals surface area contributed by atoms with Crippen molar-refractivity contribution in [3.63, 3.8) is 0 Å². The second kappa shape index (κ2) is 11.1. The molecule has 2 amide bonds. The zero-order valence-corrected chi connectivity index (χ0v) is 23.4. The second-order valence-corrected chi connectivity index (χ2v) is 11.6. The first-order valence-corrected chi connectivity index (χ1v) is 14.0. The van der Waals surface area contributed by atoms with Gasteiger partial charge in [0, 0.05) is 23.0 Å². The van der Waals surface area contributed by atoms with Crippen LogP contribution in [0.1, 0.15) is 32.2 Å². The summed E-state index contributed by atoms with van der Waals surface area (Å²) in [6.45, 7) is 5.92. The molecule has 0 radical (unpaired) electrons. The van der Waals surface area contributed by atoms with Crippen LogP contribution in [0.2, 0.25) is 0 Å². The quantitative estimate of drug-likeness (QED) is 0.263. The molecule has 11 nitrogen and oxygen atoms in total. The summed E-state index contributed by atoms with van der Waals surface area (Å²) in [4.78, 5) is 21.1. The molecule has 0 atom stereocenters. The van der Waals surface area contributed by atoms with E-state index in [1.165, 1.54) is 13.3 Å². The van der Waals surface area contributed by atoms with Gasteiger partial charge in [-0.2, -0.15) is 10.2 Å². The van der Waals surface area contributed by atoms with Crippen LogP contribution in [0.3, 0.4) is 0 Å². The van der Waals surface area contributed by atoms with Gasteiger partial charge in [-0.05, 0) is 35.2 Å². The average Bonchev–Trinajstić information content (AvgIpc) is 2.88. The summed E-state index contributed by atoms with van der Waals surface area (Å²) in [6.07, 6.45) is 2.48. The fraction of sp³-hybridized carbons (Fsp3) is 0.214. The summed E-state index contributed by atoms with van der Waals surface area (Å²) in [5.41, 5.74) is 1.44. The topological polar surface area (TPSA) is 155 Å². The van der Waals surface area contributed by atoms with Crippen molar-refractivity contribution in [2.24, 2.45) is 0 Å². The number of anilines is 3. The molecule has 0 saturated heterocycles. The van der Waals surface area contributed by atoms with Crippen LogP contribution in [0.25, 0.3) is 10.8 Å². The van der Waals surface area contributed by atoms with Crippen molar-refractivity contribution >= 4 is 43.9 Å². The van der Waals surface area contributed by atoms with E-state index in [9.17, 15) is 13.2 Å². The lowest BCUT2D eigenvalue weighted by Crippen LogP contribution is -2.22. The normalized spacial score (nSPS) is 11.4. The molecule has 4 rings (SSSR count). The van der Waals surface area contributed by atoms with Gasteiger partial charge in [-0.25, -0.2) is 18.2 Å². The summed E-state index contributed by atoms with van der Waals surface area (Å²) in [5.74, 6) is 0.834. The van der Waals surface area contributed by atoms with E-state index in [1.807, 2.05) is 51.1 Å². The smallest absolute Gasteiger partial charge is 0.323 e. The molecule has 0 aliphatic carbocycles. The van der Waals surface area contributed by atoms with E-state index in [1.54, 1.807) is 30.3 Å². The van der Waals surface area contributed by atoms with Crippen LogP contribution in [-0.2, 0) is 15.4 Å². The number of nitriles is 1. The standard InChI is InChI=1S/C28H28N6O5S/c1-28(2,3)17-14-21(26(38-4)22(15-17)34-40(5,36)37)32-27(35)31-20-10-11-23(19-9-7-6-8-18(19)20)39-25-12-13-30-24(16-29)33-25/h6-15,34H,1-5H3,(H2,31,32,35). The Kier molecular flexibility index (Phi) is 7.79. The largest absolute Gasteiger partial charge is 0.492 e. The number of benzene rings is 3. The molecule has 0 unspecified atom stereocenters. The highest BCUT2D eigenvalue weighted by Gasteiger charge is 2.22. The minimum absolute atomic E-state index is 0.0161. The van der Waals surface area contributed by atoms with E-state index in [2.05, 4.69) is 25.3 Å². The van der Waals surface area contributed by atoms with Crippen molar-refractivity contribution in [2.45, 2.75) is 26.2 Å². The molecule has 4 aromatic rings. The van der Waals surface area contributed by atoms with E-state index in [0.29, 0.717) is 27.9 Å². The van der Waals surface area contributed by atoms with Gasteiger partial charge in [0.15, 0.2) is 5.75 Å². The van der Waals surface area contributed by atoms with Crippen LogP contribution >= 0.6 is 0 Å². The van der Waals surface area contributed by atoms with Gasteiger partial charge in [0.1, 0.15) is 11.8 Å². The molecule has 0 saturated carbocycles. The zero-order chi connectivity index (χ0) is 29.1.